The average Bonchev–Trinajstić information content (AvgIpc) is 1.82. The minimum atomic E-state index is -4.99. The molecule has 0 radical (unpaired) electrons. The molecule has 0 bridgehead atoms. The van der Waals surface area contributed by atoms with E-state index in [9.17, 15) is 14.2 Å². The van der Waals surface area contributed by atoms with E-state index in [0.717, 1.165) is 0 Å². The number of hydrogen-bond donors (Lipinski definition) is 3. The van der Waals surface area contributed by atoms with Gasteiger partial charge in [0, 0.05) is 0 Å². The van der Waals surface area contributed by atoms with Crippen LogP contribution in [0.3, 0.4) is 0 Å². The molecule has 0 saturated heterocycles. The van der Waals surface area contributed by atoms with Gasteiger partial charge in [0.15, 0.2) is 0 Å². The molecular formula is C4H5O6P. The van der Waals surface area contributed by atoms with Crippen molar-refractivity contribution in [2.45, 2.75) is 0 Å². The van der Waals surface area contributed by atoms with E-state index >= 15 is 0 Å². The number of carbonyl (C=O) groups excluding carboxylic acids is 1. The molecule has 0 fully saturated rings. The lowest BCUT2D eigenvalue weighted by Gasteiger charge is -1.99. The van der Waals surface area contributed by atoms with Gasteiger partial charge in [-0.15, -0.1) is 0 Å². The highest BCUT2D eigenvalue weighted by atomic mass is 31.2. The molecule has 0 aromatic carbocycles. The van der Waals surface area contributed by atoms with Crippen molar-refractivity contribution < 1.29 is 29.0 Å². The molecule has 0 unspecified atom stereocenters. The summed E-state index contributed by atoms with van der Waals surface area (Å²) in [5.74, 6) is -1.74. The Balaban J connectivity index is 4.67. The molecule has 0 aromatic heterocycles. The van der Waals surface area contributed by atoms with Gasteiger partial charge >= 0.3 is 13.6 Å². The van der Waals surface area contributed by atoms with E-state index in [0.29, 0.717) is 0 Å². The average molecular weight is 180 g/mol. The van der Waals surface area contributed by atoms with Crippen LogP contribution in [0.2, 0.25) is 0 Å². The van der Waals surface area contributed by atoms with Gasteiger partial charge in [0.05, 0.1) is 0 Å². The topological polar surface area (TPSA) is 112 Å². The zero-order chi connectivity index (χ0) is 9.23. The third-order valence-electron chi connectivity index (χ3n) is 0.781. The van der Waals surface area contributed by atoms with E-state index in [1.807, 2.05) is 0 Å². The van der Waals surface area contributed by atoms with Crippen LogP contribution in [0.4, 0.5) is 0 Å². The van der Waals surface area contributed by atoms with Gasteiger partial charge in [0.1, 0.15) is 5.57 Å². The SMILES string of the molecule is C=C(C(=O)O)C(=O)P(=O)(O)O. The molecular weight excluding hydrogens is 175 g/mol. The highest BCUT2D eigenvalue weighted by Crippen LogP contribution is 2.38. The Hall–Kier alpha value is -0.970. The predicted octanol–water partition coefficient (Wildman–Crippen LogP) is -0.669. The van der Waals surface area contributed by atoms with E-state index in [2.05, 4.69) is 6.58 Å². The Bertz CT molecular complexity index is 260. The normalized spacial score (nSPS) is 10.7. The Morgan fingerprint density at radius 3 is 1.73 bits per heavy atom. The molecule has 11 heavy (non-hydrogen) atoms. The maximum Gasteiger partial charge on any atom is 0.396 e. The molecule has 0 aromatic rings. The summed E-state index contributed by atoms with van der Waals surface area (Å²) in [4.78, 5) is 36.6. The van der Waals surface area contributed by atoms with Gasteiger partial charge in [-0.3, -0.25) is 9.36 Å². The summed E-state index contributed by atoms with van der Waals surface area (Å²) in [6, 6.07) is 0. The number of rotatable bonds is 3. The van der Waals surface area contributed by atoms with Crippen molar-refractivity contribution in [3.63, 3.8) is 0 Å². The van der Waals surface area contributed by atoms with Crippen molar-refractivity contribution in [2.24, 2.45) is 0 Å². The molecule has 0 rings (SSSR count). The van der Waals surface area contributed by atoms with Crippen LogP contribution in [0.5, 0.6) is 0 Å². The summed E-state index contributed by atoms with van der Waals surface area (Å²) >= 11 is 0. The van der Waals surface area contributed by atoms with Crippen LogP contribution >= 0.6 is 7.60 Å². The summed E-state index contributed by atoms with van der Waals surface area (Å²) in [6.45, 7) is 2.68. The molecule has 0 aliphatic heterocycles. The highest BCUT2D eigenvalue weighted by molar-refractivity contribution is 7.71. The van der Waals surface area contributed by atoms with Crippen molar-refractivity contribution in [1.29, 1.82) is 0 Å². The van der Waals surface area contributed by atoms with E-state index in [1.165, 1.54) is 0 Å². The molecule has 62 valence electrons. The number of aliphatic carboxylic acids is 1. The number of hydrogen-bond acceptors (Lipinski definition) is 3. The van der Waals surface area contributed by atoms with Crippen molar-refractivity contribution >= 4 is 19.1 Å². The first-order chi connectivity index (χ1) is 4.76. The molecule has 7 heteroatoms. The largest absolute Gasteiger partial charge is 0.478 e. The first-order valence-electron chi connectivity index (χ1n) is 2.29. The smallest absolute Gasteiger partial charge is 0.396 e. The summed E-state index contributed by atoms with van der Waals surface area (Å²) in [5.41, 5.74) is -2.87. The van der Waals surface area contributed by atoms with Crippen molar-refractivity contribution in [2.75, 3.05) is 0 Å². The van der Waals surface area contributed by atoms with Gasteiger partial charge in [-0.1, -0.05) is 6.58 Å². The second-order valence-electron chi connectivity index (χ2n) is 1.63. The van der Waals surface area contributed by atoms with E-state index in [-0.39, 0.29) is 0 Å². The minimum Gasteiger partial charge on any atom is -0.478 e. The van der Waals surface area contributed by atoms with Crippen LogP contribution < -0.4 is 0 Å². The summed E-state index contributed by atoms with van der Waals surface area (Å²) in [7, 11) is -4.99. The molecule has 0 spiro atoms. The second kappa shape index (κ2) is 2.96. The van der Waals surface area contributed by atoms with Crippen LogP contribution in [-0.4, -0.2) is 26.4 Å². The Labute approximate surface area is 61.3 Å². The maximum absolute atomic E-state index is 10.4. The van der Waals surface area contributed by atoms with Crippen LogP contribution in [0.15, 0.2) is 12.2 Å². The van der Waals surface area contributed by atoms with Gasteiger partial charge in [-0.2, -0.15) is 0 Å². The molecule has 0 heterocycles. The first kappa shape index (κ1) is 10.0. The van der Waals surface area contributed by atoms with Crippen molar-refractivity contribution in [3.05, 3.63) is 12.2 Å². The lowest BCUT2D eigenvalue weighted by molar-refractivity contribution is -0.133. The summed E-state index contributed by atoms with van der Waals surface area (Å²) in [5, 5.41) is 8.05. The summed E-state index contributed by atoms with van der Waals surface area (Å²) in [6.07, 6.45) is 0. The second-order valence-corrected chi connectivity index (χ2v) is 3.13. The Kier molecular flexibility index (Phi) is 2.70. The molecule has 0 aliphatic carbocycles. The minimum absolute atomic E-state index is 1.11. The van der Waals surface area contributed by atoms with Crippen molar-refractivity contribution in [3.8, 4) is 0 Å². The van der Waals surface area contributed by atoms with Crippen molar-refractivity contribution in [1.82, 2.24) is 0 Å². The van der Waals surface area contributed by atoms with E-state index in [4.69, 9.17) is 14.9 Å². The maximum atomic E-state index is 10.4. The highest BCUT2D eigenvalue weighted by Gasteiger charge is 2.31. The molecule has 0 saturated carbocycles. The number of carboxylic acids is 1. The van der Waals surface area contributed by atoms with Gasteiger partial charge in [-0.05, 0) is 0 Å². The van der Waals surface area contributed by atoms with Gasteiger partial charge in [0.2, 0.25) is 0 Å². The van der Waals surface area contributed by atoms with Crippen LogP contribution in [-0.2, 0) is 14.2 Å². The zero-order valence-corrected chi connectivity index (χ0v) is 6.12. The third kappa shape index (κ3) is 2.63. The van der Waals surface area contributed by atoms with Crippen LogP contribution in [0, 0.1) is 0 Å². The molecule has 3 N–H and O–H groups in total. The zero-order valence-electron chi connectivity index (χ0n) is 5.22. The molecule has 6 nitrogen and oxygen atoms in total. The molecule has 0 aliphatic rings. The standard InChI is InChI=1S/C4H5O6P/c1-2(3(5)6)4(7)11(8,9)10/h1H2,(H,5,6)(H2,8,9,10). The van der Waals surface area contributed by atoms with Gasteiger partial charge in [-0.25, -0.2) is 4.79 Å². The van der Waals surface area contributed by atoms with Gasteiger partial charge < -0.3 is 14.9 Å². The number of carboxylic acid groups (broad SMARTS) is 1. The van der Waals surface area contributed by atoms with E-state index in [1.54, 1.807) is 0 Å². The van der Waals surface area contributed by atoms with Gasteiger partial charge in [0.25, 0.3) is 5.52 Å². The Morgan fingerprint density at radius 1 is 1.27 bits per heavy atom. The van der Waals surface area contributed by atoms with Crippen LogP contribution in [0.1, 0.15) is 0 Å². The monoisotopic (exact) mass is 180 g/mol. The fraction of sp³-hybridized carbons (Fsp3) is 0. The predicted molar refractivity (Wildman–Crippen MR) is 33.8 cm³/mol. The lowest BCUT2D eigenvalue weighted by Crippen LogP contribution is -2.10. The molecule has 0 amide bonds. The fourth-order valence-corrected chi connectivity index (χ4v) is 0.715. The quantitative estimate of drug-likeness (QED) is 0.230. The first-order valence-corrected chi connectivity index (χ1v) is 3.90. The molecule has 0 atom stereocenters. The summed E-state index contributed by atoms with van der Waals surface area (Å²) < 4.78 is 10.1. The fourth-order valence-electron chi connectivity index (χ4n) is 0.267. The Morgan fingerprint density at radius 2 is 1.64 bits per heavy atom. The third-order valence-corrected chi connectivity index (χ3v) is 1.58. The van der Waals surface area contributed by atoms with Crippen LogP contribution in [0.25, 0.3) is 0 Å². The number of carbonyl (C=O) groups is 2. The van der Waals surface area contributed by atoms with E-state index < -0.39 is 24.7 Å². The lowest BCUT2D eigenvalue weighted by atomic mass is 10.3.